The number of nitrogens with one attached hydrogen (secondary N) is 1. The van der Waals surface area contributed by atoms with Crippen LogP contribution in [0, 0.1) is 12.7 Å². The van der Waals surface area contributed by atoms with Gasteiger partial charge in [0.05, 0.1) is 23.2 Å². The Kier molecular flexibility index (Phi) is 7.70. The summed E-state index contributed by atoms with van der Waals surface area (Å²) < 4.78 is 94.5. The minimum absolute atomic E-state index is 0.0745. The van der Waals surface area contributed by atoms with Crippen molar-refractivity contribution in [2.75, 3.05) is 13.6 Å². The SMILES string of the molecule is Cc1cc(F)ccc1[C@H]1C[C@]2(CC[C@H](C)N2)CCN1C(=O)N(C)[C@H](C)c1cc(C(F)(F)F)cc(C(F)(F)F)c1. The number of rotatable bonds is 3. The number of carbonyl (C=O) groups excluding carboxylic acids is 1. The topological polar surface area (TPSA) is 35.6 Å². The number of carbonyl (C=O) groups is 1. The molecule has 0 saturated carbocycles. The van der Waals surface area contributed by atoms with Gasteiger partial charge in [-0.15, -0.1) is 0 Å². The van der Waals surface area contributed by atoms with E-state index in [1.165, 1.54) is 31.0 Å². The van der Waals surface area contributed by atoms with Gasteiger partial charge in [0.1, 0.15) is 5.82 Å². The smallest absolute Gasteiger partial charge is 0.321 e. The van der Waals surface area contributed by atoms with Gasteiger partial charge in [-0.05, 0) is 93.5 Å². The van der Waals surface area contributed by atoms with E-state index in [0.717, 1.165) is 18.4 Å². The fraction of sp³-hybridized carbons (Fsp3) is 0.536. The Morgan fingerprint density at radius 3 is 2.18 bits per heavy atom. The van der Waals surface area contributed by atoms with Gasteiger partial charge in [0.15, 0.2) is 0 Å². The molecule has 11 heteroatoms. The van der Waals surface area contributed by atoms with Crippen molar-refractivity contribution >= 4 is 6.03 Å². The third-order valence-electron chi connectivity index (χ3n) is 8.21. The van der Waals surface area contributed by atoms with Crippen molar-refractivity contribution in [3.8, 4) is 0 Å². The Balaban J connectivity index is 1.68. The summed E-state index contributed by atoms with van der Waals surface area (Å²) in [7, 11) is 1.37. The van der Waals surface area contributed by atoms with Gasteiger partial charge in [-0.3, -0.25) is 0 Å². The van der Waals surface area contributed by atoms with Crippen LogP contribution in [0.25, 0.3) is 0 Å². The second kappa shape index (κ2) is 10.3. The number of hydrogen-bond acceptors (Lipinski definition) is 2. The lowest BCUT2D eigenvalue weighted by Gasteiger charge is -2.47. The third kappa shape index (κ3) is 6.02. The quantitative estimate of drug-likeness (QED) is 0.393. The average molecular weight is 560 g/mol. The van der Waals surface area contributed by atoms with E-state index in [2.05, 4.69) is 12.2 Å². The van der Waals surface area contributed by atoms with E-state index >= 15 is 0 Å². The van der Waals surface area contributed by atoms with Crippen molar-refractivity contribution in [2.45, 2.75) is 82.5 Å². The molecular formula is C28H32F7N3O. The molecular weight excluding hydrogens is 527 g/mol. The van der Waals surface area contributed by atoms with Crippen LogP contribution in [0.15, 0.2) is 36.4 Å². The number of halogens is 7. The zero-order valence-electron chi connectivity index (χ0n) is 22.2. The molecule has 39 heavy (non-hydrogen) atoms. The lowest BCUT2D eigenvalue weighted by atomic mass is 9.79. The third-order valence-corrected chi connectivity index (χ3v) is 8.21. The Hall–Kier alpha value is -2.82. The van der Waals surface area contributed by atoms with Crippen LogP contribution in [-0.2, 0) is 12.4 Å². The highest BCUT2D eigenvalue weighted by atomic mass is 19.4. The molecule has 2 aromatic carbocycles. The van der Waals surface area contributed by atoms with Crippen LogP contribution < -0.4 is 5.32 Å². The number of alkyl halides is 6. The van der Waals surface area contributed by atoms with Crippen LogP contribution in [0.3, 0.4) is 0 Å². The van der Waals surface area contributed by atoms with Gasteiger partial charge < -0.3 is 15.1 Å². The first-order valence-corrected chi connectivity index (χ1v) is 12.9. The van der Waals surface area contributed by atoms with Crippen LogP contribution >= 0.6 is 0 Å². The van der Waals surface area contributed by atoms with Gasteiger partial charge >= 0.3 is 18.4 Å². The van der Waals surface area contributed by atoms with Gasteiger partial charge in [-0.25, -0.2) is 9.18 Å². The summed E-state index contributed by atoms with van der Waals surface area (Å²) >= 11 is 0. The highest BCUT2D eigenvalue weighted by Gasteiger charge is 2.46. The van der Waals surface area contributed by atoms with Crippen LogP contribution in [0.4, 0.5) is 35.5 Å². The lowest BCUT2D eigenvalue weighted by Crippen LogP contribution is -2.56. The maximum Gasteiger partial charge on any atom is 0.416 e. The molecule has 1 N–H and O–H groups in total. The van der Waals surface area contributed by atoms with Gasteiger partial charge in [-0.1, -0.05) is 6.07 Å². The lowest BCUT2D eigenvalue weighted by molar-refractivity contribution is -0.143. The van der Waals surface area contributed by atoms with E-state index in [0.29, 0.717) is 43.1 Å². The molecule has 0 bridgehead atoms. The summed E-state index contributed by atoms with van der Waals surface area (Å²) in [6, 6.07) is 3.96. The van der Waals surface area contributed by atoms with E-state index in [1.807, 2.05) is 0 Å². The summed E-state index contributed by atoms with van der Waals surface area (Å²) in [4.78, 5) is 16.6. The minimum Gasteiger partial charge on any atom is -0.321 e. The predicted octanol–water partition coefficient (Wildman–Crippen LogP) is 7.63. The zero-order chi connectivity index (χ0) is 28.9. The largest absolute Gasteiger partial charge is 0.416 e. The van der Waals surface area contributed by atoms with Crippen molar-refractivity contribution < 1.29 is 35.5 Å². The normalized spacial score (nSPS) is 24.7. The Bertz CT molecular complexity index is 1200. The molecule has 2 saturated heterocycles. The van der Waals surface area contributed by atoms with Gasteiger partial charge in [-0.2, -0.15) is 26.3 Å². The maximum absolute atomic E-state index is 13.9. The van der Waals surface area contributed by atoms with E-state index in [4.69, 9.17) is 0 Å². The number of amides is 2. The van der Waals surface area contributed by atoms with Crippen LogP contribution in [0.2, 0.25) is 0 Å². The van der Waals surface area contributed by atoms with E-state index in [1.54, 1.807) is 17.9 Å². The standard InChI is InChI=1S/C28H32F7N3O/c1-16-11-22(29)5-6-23(16)24-15-26(8-7-17(2)36-26)9-10-38(24)25(39)37(4)18(3)19-12-20(27(30,31)32)14-21(13-19)28(33,34)35/h5-6,11-14,17-18,24,36H,7-10,15H2,1-4H3/t17-,18+,24+,26-/m0/s1. The molecule has 0 aliphatic carbocycles. The molecule has 0 aromatic heterocycles. The van der Waals surface area contributed by atoms with E-state index < -0.39 is 47.4 Å². The van der Waals surface area contributed by atoms with Crippen molar-refractivity contribution in [1.29, 1.82) is 0 Å². The molecule has 2 aliphatic heterocycles. The molecule has 214 valence electrons. The Labute approximate surface area is 223 Å². The second-order valence-corrected chi connectivity index (χ2v) is 10.9. The number of hydrogen-bond donors (Lipinski definition) is 1. The molecule has 4 nitrogen and oxygen atoms in total. The van der Waals surface area contributed by atoms with Crippen molar-refractivity contribution in [3.63, 3.8) is 0 Å². The molecule has 1 spiro atoms. The van der Waals surface area contributed by atoms with Crippen LogP contribution in [0.5, 0.6) is 0 Å². The molecule has 2 fully saturated rings. The molecule has 4 atom stereocenters. The summed E-state index contributed by atoms with van der Waals surface area (Å²) in [6.45, 7) is 5.57. The Morgan fingerprint density at radius 2 is 1.67 bits per heavy atom. The average Bonchev–Trinajstić information content (AvgIpc) is 3.20. The fourth-order valence-corrected chi connectivity index (χ4v) is 5.92. The van der Waals surface area contributed by atoms with Crippen LogP contribution in [-0.4, -0.2) is 41.0 Å². The van der Waals surface area contributed by atoms with Gasteiger partial charge in [0.2, 0.25) is 0 Å². The van der Waals surface area contributed by atoms with Gasteiger partial charge in [0, 0.05) is 25.2 Å². The highest BCUT2D eigenvalue weighted by Crippen LogP contribution is 2.44. The molecule has 2 aromatic rings. The number of benzene rings is 2. The molecule has 2 aliphatic rings. The zero-order valence-corrected chi connectivity index (χ0v) is 22.2. The van der Waals surface area contributed by atoms with Crippen molar-refractivity contribution in [3.05, 3.63) is 70.0 Å². The monoisotopic (exact) mass is 559 g/mol. The predicted molar refractivity (Wildman–Crippen MR) is 132 cm³/mol. The first-order valence-electron chi connectivity index (χ1n) is 12.9. The van der Waals surface area contributed by atoms with E-state index in [9.17, 15) is 35.5 Å². The molecule has 2 amide bonds. The molecule has 0 unspecified atom stereocenters. The number of aryl methyl sites for hydroxylation is 1. The maximum atomic E-state index is 13.9. The van der Waals surface area contributed by atoms with Crippen molar-refractivity contribution in [2.24, 2.45) is 0 Å². The molecule has 2 heterocycles. The number of likely N-dealkylation sites (tertiary alicyclic amines) is 1. The molecule has 4 rings (SSSR count). The van der Waals surface area contributed by atoms with E-state index in [-0.39, 0.29) is 17.2 Å². The second-order valence-electron chi connectivity index (χ2n) is 10.9. The number of piperidine rings is 1. The summed E-state index contributed by atoms with van der Waals surface area (Å²) in [6.07, 6.45) is -6.91. The first kappa shape index (κ1) is 29.2. The van der Waals surface area contributed by atoms with Crippen molar-refractivity contribution in [1.82, 2.24) is 15.1 Å². The number of nitrogens with zero attached hydrogens (tertiary/aromatic N) is 2. The number of urea groups is 1. The molecule has 0 radical (unpaired) electrons. The first-order chi connectivity index (χ1) is 18.0. The fourth-order valence-electron chi connectivity index (χ4n) is 5.92. The minimum atomic E-state index is -4.99. The Morgan fingerprint density at radius 1 is 1.05 bits per heavy atom. The highest BCUT2D eigenvalue weighted by molar-refractivity contribution is 5.75. The summed E-state index contributed by atoms with van der Waals surface area (Å²) in [5.41, 5.74) is -1.94. The van der Waals surface area contributed by atoms with Gasteiger partial charge in [0.25, 0.3) is 0 Å². The van der Waals surface area contributed by atoms with Crippen LogP contribution in [0.1, 0.15) is 79.4 Å². The summed E-state index contributed by atoms with van der Waals surface area (Å²) in [5, 5.41) is 3.64. The summed E-state index contributed by atoms with van der Waals surface area (Å²) in [5.74, 6) is -0.414.